The predicted octanol–water partition coefficient (Wildman–Crippen LogP) is 3.58. The molecule has 0 saturated carbocycles. The van der Waals surface area contributed by atoms with Crippen LogP contribution in [-0.2, 0) is 6.42 Å². The van der Waals surface area contributed by atoms with Gasteiger partial charge in [-0.2, -0.15) is 0 Å². The Kier molecular flexibility index (Phi) is 9.19. The van der Waals surface area contributed by atoms with Crippen molar-refractivity contribution < 1.29 is 4.39 Å². The summed E-state index contributed by atoms with van der Waals surface area (Å²) in [6.45, 7) is 6.42. The van der Waals surface area contributed by atoms with E-state index in [1.165, 1.54) is 51.3 Å². The Balaban J connectivity index is 0.00000289. The number of nitrogens with one attached hydrogen (secondary N) is 3. The molecule has 32 heavy (non-hydrogen) atoms. The van der Waals surface area contributed by atoms with Crippen molar-refractivity contribution in [2.45, 2.75) is 44.1 Å². The summed E-state index contributed by atoms with van der Waals surface area (Å²) in [5.74, 6) is 0.654. The van der Waals surface area contributed by atoms with Crippen molar-refractivity contribution in [1.29, 1.82) is 0 Å². The van der Waals surface area contributed by atoms with Crippen LogP contribution in [0, 0.1) is 5.82 Å². The number of halogens is 2. The number of rotatable bonds is 6. The van der Waals surface area contributed by atoms with E-state index < -0.39 is 0 Å². The van der Waals surface area contributed by atoms with Crippen LogP contribution in [0.2, 0.25) is 0 Å². The molecule has 0 radical (unpaired) electrons. The molecule has 2 aliphatic rings. The van der Waals surface area contributed by atoms with Gasteiger partial charge in [0.05, 0.1) is 0 Å². The Bertz CT molecular complexity index is 884. The van der Waals surface area contributed by atoms with Crippen molar-refractivity contribution in [2.75, 3.05) is 53.4 Å². The molecule has 8 heteroatoms. The van der Waals surface area contributed by atoms with Crippen LogP contribution < -0.4 is 10.6 Å². The molecule has 0 atom stereocenters. The largest absolute Gasteiger partial charge is 0.361 e. The fourth-order valence-corrected chi connectivity index (χ4v) is 5.15. The molecule has 3 heterocycles. The Morgan fingerprint density at radius 3 is 2.59 bits per heavy atom. The topological polar surface area (TPSA) is 58.7 Å². The third-order valence-corrected chi connectivity index (χ3v) is 7.17. The zero-order valence-corrected chi connectivity index (χ0v) is 21.8. The minimum atomic E-state index is -0.195. The number of aliphatic imine (C=N–C) groups is 1. The van der Waals surface area contributed by atoms with Gasteiger partial charge in [0.15, 0.2) is 5.96 Å². The number of fused-ring (bicyclic) bond motifs is 1. The molecule has 0 amide bonds. The number of piperidine rings is 2. The van der Waals surface area contributed by atoms with Gasteiger partial charge in [-0.05, 0) is 89.1 Å². The fraction of sp³-hybridized carbons (Fsp3) is 0.625. The average Bonchev–Trinajstić information content (AvgIpc) is 3.20. The van der Waals surface area contributed by atoms with E-state index in [9.17, 15) is 4.39 Å². The van der Waals surface area contributed by atoms with Crippen LogP contribution in [0.3, 0.4) is 0 Å². The summed E-state index contributed by atoms with van der Waals surface area (Å²) in [7, 11) is 4.06. The molecular formula is C24H38FIN6. The summed E-state index contributed by atoms with van der Waals surface area (Å²) < 4.78 is 13.6. The normalized spacial score (nSPS) is 20.2. The second kappa shape index (κ2) is 11.7. The third-order valence-electron chi connectivity index (χ3n) is 7.17. The summed E-state index contributed by atoms with van der Waals surface area (Å²) >= 11 is 0. The Morgan fingerprint density at radius 2 is 1.88 bits per heavy atom. The molecule has 178 valence electrons. The summed E-state index contributed by atoms with van der Waals surface area (Å²) in [5, 5.41) is 8.05. The van der Waals surface area contributed by atoms with Crippen LogP contribution in [0.5, 0.6) is 0 Å². The van der Waals surface area contributed by atoms with Crippen molar-refractivity contribution in [3.8, 4) is 0 Å². The second-order valence-electron chi connectivity index (χ2n) is 9.18. The average molecular weight is 557 g/mol. The molecule has 0 unspecified atom stereocenters. The lowest BCUT2D eigenvalue weighted by Gasteiger charge is -2.50. The molecule has 0 aliphatic carbocycles. The number of guanidine groups is 1. The van der Waals surface area contributed by atoms with Gasteiger partial charge in [-0.25, -0.2) is 4.39 Å². The van der Waals surface area contributed by atoms with E-state index in [1.807, 2.05) is 13.2 Å². The molecule has 0 spiro atoms. The van der Waals surface area contributed by atoms with Crippen LogP contribution >= 0.6 is 24.0 Å². The minimum Gasteiger partial charge on any atom is -0.361 e. The number of likely N-dealkylation sites (tertiary alicyclic amines) is 2. The Morgan fingerprint density at radius 1 is 1.12 bits per heavy atom. The van der Waals surface area contributed by atoms with Crippen LogP contribution in [0.4, 0.5) is 4.39 Å². The lowest BCUT2D eigenvalue weighted by Crippen LogP contribution is -2.62. The maximum atomic E-state index is 13.6. The number of H-pyrrole nitrogens is 1. The molecule has 0 bridgehead atoms. The SMILES string of the molecule is CN=C(NCCc1c[nH]c2ccc(F)cc12)NCC1(N2CCCCC2)CCN(C)CC1.I. The number of hydrogen-bond donors (Lipinski definition) is 3. The molecule has 2 aliphatic heterocycles. The van der Waals surface area contributed by atoms with Gasteiger partial charge in [-0.15, -0.1) is 24.0 Å². The van der Waals surface area contributed by atoms with E-state index in [0.717, 1.165) is 55.0 Å². The van der Waals surface area contributed by atoms with E-state index in [4.69, 9.17) is 0 Å². The molecule has 6 nitrogen and oxygen atoms in total. The van der Waals surface area contributed by atoms with Gasteiger partial charge in [0.1, 0.15) is 5.82 Å². The van der Waals surface area contributed by atoms with Crippen LogP contribution in [-0.4, -0.2) is 79.6 Å². The predicted molar refractivity (Wildman–Crippen MR) is 142 cm³/mol. The Labute approximate surface area is 208 Å². The number of benzene rings is 1. The highest BCUT2D eigenvalue weighted by molar-refractivity contribution is 14.0. The first kappa shape index (κ1) is 25.2. The molecule has 2 saturated heterocycles. The van der Waals surface area contributed by atoms with Gasteiger partial charge >= 0.3 is 0 Å². The first-order valence-electron chi connectivity index (χ1n) is 11.7. The first-order valence-corrected chi connectivity index (χ1v) is 11.7. The van der Waals surface area contributed by atoms with E-state index in [0.29, 0.717) is 0 Å². The fourth-order valence-electron chi connectivity index (χ4n) is 5.15. The Hall–Kier alpha value is -1.39. The monoisotopic (exact) mass is 556 g/mol. The smallest absolute Gasteiger partial charge is 0.191 e. The maximum absolute atomic E-state index is 13.6. The molecule has 3 N–H and O–H groups in total. The van der Waals surface area contributed by atoms with Crippen molar-refractivity contribution >= 4 is 40.8 Å². The van der Waals surface area contributed by atoms with Crippen molar-refractivity contribution in [2.24, 2.45) is 4.99 Å². The summed E-state index contributed by atoms with van der Waals surface area (Å²) in [5.41, 5.74) is 2.32. The lowest BCUT2D eigenvalue weighted by atomic mass is 9.84. The number of aromatic amines is 1. The number of nitrogens with zero attached hydrogens (tertiary/aromatic N) is 3. The molecule has 1 aromatic carbocycles. The van der Waals surface area contributed by atoms with Crippen molar-refractivity contribution in [1.82, 2.24) is 25.4 Å². The summed E-state index contributed by atoms with van der Waals surface area (Å²) in [6, 6.07) is 4.90. The standard InChI is InChI=1S/C24H37FN6.HI/c1-26-23(27-11-8-19-17-28-22-7-6-20(25)16-21(19)22)29-18-24(9-14-30(2)15-10-24)31-12-4-3-5-13-31;/h6-7,16-17,28H,3-5,8-15,18H2,1-2H3,(H2,26,27,29);1H. The molecule has 2 fully saturated rings. The maximum Gasteiger partial charge on any atom is 0.191 e. The molecule has 1 aromatic heterocycles. The lowest BCUT2D eigenvalue weighted by molar-refractivity contribution is 0.0173. The van der Waals surface area contributed by atoms with Gasteiger partial charge in [0.25, 0.3) is 0 Å². The zero-order valence-electron chi connectivity index (χ0n) is 19.4. The first-order chi connectivity index (χ1) is 15.1. The van der Waals surface area contributed by atoms with Crippen LogP contribution in [0.15, 0.2) is 29.4 Å². The van der Waals surface area contributed by atoms with Crippen molar-refractivity contribution in [3.63, 3.8) is 0 Å². The van der Waals surface area contributed by atoms with Gasteiger partial charge in [-0.1, -0.05) is 6.42 Å². The zero-order chi connectivity index (χ0) is 21.7. The second-order valence-corrected chi connectivity index (χ2v) is 9.18. The van der Waals surface area contributed by atoms with Crippen LogP contribution in [0.25, 0.3) is 10.9 Å². The minimum absolute atomic E-state index is 0. The van der Waals surface area contributed by atoms with Crippen LogP contribution in [0.1, 0.15) is 37.7 Å². The molecule has 2 aromatic rings. The van der Waals surface area contributed by atoms with E-state index in [2.05, 4.69) is 37.5 Å². The third kappa shape index (κ3) is 5.94. The van der Waals surface area contributed by atoms with Gasteiger partial charge < -0.3 is 20.5 Å². The number of aromatic nitrogens is 1. The molecule has 4 rings (SSSR count). The highest BCUT2D eigenvalue weighted by Crippen LogP contribution is 2.30. The summed E-state index contributed by atoms with van der Waals surface area (Å²) in [6.07, 6.45) is 9.19. The quantitative estimate of drug-likeness (QED) is 0.289. The van der Waals surface area contributed by atoms with Gasteiger partial charge in [-0.3, -0.25) is 9.89 Å². The van der Waals surface area contributed by atoms with E-state index >= 15 is 0 Å². The van der Waals surface area contributed by atoms with Crippen molar-refractivity contribution in [3.05, 3.63) is 35.8 Å². The highest BCUT2D eigenvalue weighted by Gasteiger charge is 2.39. The summed E-state index contributed by atoms with van der Waals surface area (Å²) in [4.78, 5) is 12.9. The highest BCUT2D eigenvalue weighted by atomic mass is 127. The number of hydrogen-bond acceptors (Lipinski definition) is 3. The van der Waals surface area contributed by atoms with Gasteiger partial charge in [0.2, 0.25) is 0 Å². The van der Waals surface area contributed by atoms with Gasteiger partial charge in [0, 0.05) is 42.8 Å². The van der Waals surface area contributed by atoms with E-state index in [1.54, 1.807) is 12.1 Å². The van der Waals surface area contributed by atoms with E-state index in [-0.39, 0.29) is 35.3 Å². The molecular weight excluding hydrogens is 518 g/mol.